The Morgan fingerprint density at radius 3 is 2.52 bits per heavy atom. The van der Waals surface area contributed by atoms with Crippen molar-refractivity contribution in [3.8, 4) is 23.0 Å². The number of hydrogen-bond donors (Lipinski definition) is 2. The molecule has 1 unspecified atom stereocenters. The predicted molar refractivity (Wildman–Crippen MR) is 98.3 cm³/mol. The minimum absolute atomic E-state index is 0.0716. The van der Waals surface area contributed by atoms with Gasteiger partial charge in [-0.2, -0.15) is 0 Å². The largest absolute Gasteiger partial charge is 0.504 e. The van der Waals surface area contributed by atoms with Gasteiger partial charge in [-0.25, -0.2) is 0 Å². The van der Waals surface area contributed by atoms with Crippen LogP contribution < -0.4 is 9.47 Å². The normalized spacial score (nSPS) is 15.2. The van der Waals surface area contributed by atoms with E-state index in [-0.39, 0.29) is 23.4 Å². The van der Waals surface area contributed by atoms with Gasteiger partial charge >= 0.3 is 0 Å². The van der Waals surface area contributed by atoms with Gasteiger partial charge in [-0.1, -0.05) is 42.0 Å². The number of hydrogen-bond acceptors (Lipinski definition) is 4. The molecule has 2 aromatic carbocycles. The number of aromatic hydroxyl groups is 2. The Labute approximate surface area is 147 Å². The summed E-state index contributed by atoms with van der Waals surface area (Å²) in [5.41, 5.74) is 3.27. The lowest BCUT2D eigenvalue weighted by Gasteiger charge is -2.26. The van der Waals surface area contributed by atoms with E-state index in [1.165, 1.54) is 7.11 Å². The Morgan fingerprint density at radius 1 is 1.16 bits per heavy atom. The summed E-state index contributed by atoms with van der Waals surface area (Å²) >= 11 is 0. The second-order valence-electron chi connectivity index (χ2n) is 6.25. The summed E-state index contributed by atoms with van der Waals surface area (Å²) in [6, 6.07) is 9.83. The van der Waals surface area contributed by atoms with Crippen LogP contribution in [0.25, 0.3) is 6.08 Å². The van der Waals surface area contributed by atoms with Crippen LogP contribution in [0.5, 0.6) is 23.0 Å². The summed E-state index contributed by atoms with van der Waals surface area (Å²) in [6.45, 7) is 3.99. The number of phenolic OH excluding ortho intramolecular Hbond substituents is 2. The summed E-state index contributed by atoms with van der Waals surface area (Å²) in [5, 5.41) is 21.0. The van der Waals surface area contributed by atoms with Crippen molar-refractivity contribution in [2.45, 2.75) is 26.4 Å². The average molecular weight is 338 g/mol. The van der Waals surface area contributed by atoms with Crippen LogP contribution in [0.1, 0.15) is 36.6 Å². The fraction of sp³-hybridized carbons (Fsp3) is 0.238. The number of ether oxygens (including phenoxy) is 2. The molecule has 0 radical (unpaired) electrons. The summed E-state index contributed by atoms with van der Waals surface area (Å²) in [4.78, 5) is 0. The molecule has 0 aromatic heterocycles. The molecule has 0 saturated heterocycles. The van der Waals surface area contributed by atoms with Crippen molar-refractivity contribution in [3.63, 3.8) is 0 Å². The highest BCUT2D eigenvalue weighted by atomic mass is 16.5. The molecule has 0 spiro atoms. The maximum atomic E-state index is 10.6. The van der Waals surface area contributed by atoms with Crippen molar-refractivity contribution in [3.05, 3.63) is 64.7 Å². The fourth-order valence-electron chi connectivity index (χ4n) is 2.90. The maximum Gasteiger partial charge on any atom is 0.204 e. The van der Waals surface area contributed by atoms with Gasteiger partial charge in [0.25, 0.3) is 0 Å². The number of phenols is 2. The first-order valence-corrected chi connectivity index (χ1v) is 8.20. The molecule has 1 atom stereocenters. The molecule has 0 amide bonds. The van der Waals surface area contributed by atoms with E-state index >= 15 is 0 Å². The summed E-state index contributed by atoms with van der Waals surface area (Å²) in [6.07, 6.45) is 5.93. The van der Waals surface area contributed by atoms with Crippen LogP contribution >= 0.6 is 0 Å². The monoisotopic (exact) mass is 338 g/mol. The first-order chi connectivity index (χ1) is 12.0. The van der Waals surface area contributed by atoms with E-state index in [9.17, 15) is 10.2 Å². The Morgan fingerprint density at radius 2 is 1.88 bits per heavy atom. The first kappa shape index (κ1) is 17.0. The van der Waals surface area contributed by atoms with Crippen LogP contribution in [0.2, 0.25) is 0 Å². The highest BCUT2D eigenvalue weighted by molar-refractivity contribution is 5.76. The van der Waals surface area contributed by atoms with E-state index in [1.807, 2.05) is 62.4 Å². The van der Waals surface area contributed by atoms with Gasteiger partial charge in [-0.3, -0.25) is 0 Å². The third-order valence-corrected chi connectivity index (χ3v) is 4.22. The lowest BCUT2D eigenvalue weighted by Crippen LogP contribution is -2.11. The fourth-order valence-corrected chi connectivity index (χ4v) is 2.90. The Hall–Kier alpha value is -2.88. The van der Waals surface area contributed by atoms with Crippen LogP contribution in [0.3, 0.4) is 0 Å². The quantitative estimate of drug-likeness (QED) is 0.789. The smallest absolute Gasteiger partial charge is 0.204 e. The van der Waals surface area contributed by atoms with E-state index in [2.05, 4.69) is 0 Å². The van der Waals surface area contributed by atoms with Gasteiger partial charge in [0, 0.05) is 5.56 Å². The minimum atomic E-state index is -0.272. The van der Waals surface area contributed by atoms with Crippen molar-refractivity contribution in [2.24, 2.45) is 0 Å². The highest BCUT2D eigenvalue weighted by Crippen LogP contribution is 2.51. The zero-order chi connectivity index (χ0) is 18.0. The molecule has 2 N–H and O–H groups in total. The summed E-state index contributed by atoms with van der Waals surface area (Å²) in [5.74, 6) is 0.365. The molecule has 4 heteroatoms. The van der Waals surface area contributed by atoms with Crippen molar-refractivity contribution in [1.82, 2.24) is 0 Å². The first-order valence-electron chi connectivity index (χ1n) is 8.20. The van der Waals surface area contributed by atoms with E-state index in [0.29, 0.717) is 23.3 Å². The predicted octanol–water partition coefficient (Wildman–Crippen LogP) is 4.76. The molecule has 2 aromatic rings. The molecule has 1 heterocycles. The third-order valence-electron chi connectivity index (χ3n) is 4.22. The SMILES string of the molecule is COc1c(O)c2c(c(CC=C(C)C)c1O)OC(c1ccccc1)C=C2. The molecule has 0 aliphatic carbocycles. The van der Waals surface area contributed by atoms with E-state index in [4.69, 9.17) is 9.47 Å². The van der Waals surface area contributed by atoms with Crippen molar-refractivity contribution in [2.75, 3.05) is 7.11 Å². The Balaban J connectivity index is 2.12. The number of allylic oxidation sites excluding steroid dienone is 2. The lowest BCUT2D eigenvalue weighted by atomic mass is 9.97. The third kappa shape index (κ3) is 3.20. The molecule has 25 heavy (non-hydrogen) atoms. The van der Waals surface area contributed by atoms with Crippen molar-refractivity contribution in [1.29, 1.82) is 0 Å². The molecule has 130 valence electrons. The van der Waals surface area contributed by atoms with Gasteiger partial charge in [0.1, 0.15) is 11.9 Å². The standard InChI is InChI=1S/C21H22O4/c1-13(2)9-10-15-18(22)21(24-3)19(23)16-11-12-17(25-20(15)16)14-7-5-4-6-8-14/h4-9,11-12,17,22-23H,10H2,1-3H3. The highest BCUT2D eigenvalue weighted by Gasteiger charge is 2.28. The van der Waals surface area contributed by atoms with Gasteiger partial charge in [0.05, 0.1) is 12.7 Å². The number of methoxy groups -OCH3 is 1. The van der Waals surface area contributed by atoms with Crippen LogP contribution in [-0.4, -0.2) is 17.3 Å². The molecular weight excluding hydrogens is 316 g/mol. The van der Waals surface area contributed by atoms with Crippen LogP contribution in [0.15, 0.2) is 48.1 Å². The summed E-state index contributed by atoms with van der Waals surface area (Å²) < 4.78 is 11.3. The van der Waals surface area contributed by atoms with Gasteiger partial charge in [-0.05, 0) is 38.0 Å². The number of rotatable bonds is 4. The second kappa shape index (κ2) is 6.93. The molecular formula is C21H22O4. The topological polar surface area (TPSA) is 58.9 Å². The molecule has 4 nitrogen and oxygen atoms in total. The van der Waals surface area contributed by atoms with Gasteiger partial charge in [0.15, 0.2) is 11.5 Å². The van der Waals surface area contributed by atoms with Gasteiger partial charge in [0.2, 0.25) is 5.75 Å². The van der Waals surface area contributed by atoms with E-state index in [1.54, 1.807) is 0 Å². The van der Waals surface area contributed by atoms with Crippen LogP contribution in [-0.2, 0) is 6.42 Å². The minimum Gasteiger partial charge on any atom is -0.504 e. The molecule has 0 saturated carbocycles. The average Bonchev–Trinajstić information content (AvgIpc) is 2.62. The van der Waals surface area contributed by atoms with E-state index < -0.39 is 0 Å². The maximum absolute atomic E-state index is 10.6. The van der Waals surface area contributed by atoms with Gasteiger partial charge < -0.3 is 19.7 Å². The number of benzene rings is 2. The van der Waals surface area contributed by atoms with Crippen molar-refractivity contribution >= 4 is 6.08 Å². The Bertz CT molecular complexity index is 831. The molecule has 1 aliphatic heterocycles. The van der Waals surface area contributed by atoms with Crippen LogP contribution in [0.4, 0.5) is 0 Å². The van der Waals surface area contributed by atoms with Gasteiger partial charge in [-0.15, -0.1) is 0 Å². The van der Waals surface area contributed by atoms with E-state index in [0.717, 1.165) is 11.1 Å². The molecule has 0 fully saturated rings. The zero-order valence-corrected chi connectivity index (χ0v) is 14.6. The zero-order valence-electron chi connectivity index (χ0n) is 14.6. The molecule has 0 bridgehead atoms. The van der Waals surface area contributed by atoms with Crippen LogP contribution in [0, 0.1) is 0 Å². The summed E-state index contributed by atoms with van der Waals surface area (Å²) in [7, 11) is 1.42. The second-order valence-corrected chi connectivity index (χ2v) is 6.25. The van der Waals surface area contributed by atoms with Crippen molar-refractivity contribution < 1.29 is 19.7 Å². The Kier molecular flexibility index (Phi) is 4.70. The molecule has 1 aliphatic rings. The number of fused-ring (bicyclic) bond motifs is 1. The lowest BCUT2D eigenvalue weighted by molar-refractivity contribution is 0.244. The molecule has 3 rings (SSSR count).